The number of nitriles is 1. The maximum absolute atomic E-state index is 12.5. The maximum Gasteiger partial charge on any atom is 0.238 e. The number of hydrogen-bond donors (Lipinski definition) is 1. The normalized spacial score (nSPS) is 18.7. The van der Waals surface area contributed by atoms with Crippen LogP contribution in [0.25, 0.3) is 0 Å². The topological polar surface area (TPSA) is 69.3 Å². The van der Waals surface area contributed by atoms with E-state index in [-0.39, 0.29) is 11.9 Å². The lowest BCUT2D eigenvalue weighted by molar-refractivity contribution is -0.127. The van der Waals surface area contributed by atoms with Crippen molar-refractivity contribution in [3.05, 3.63) is 22.6 Å². The van der Waals surface area contributed by atoms with Crippen molar-refractivity contribution < 1.29 is 9.21 Å². The van der Waals surface area contributed by atoms with Crippen LogP contribution in [-0.2, 0) is 11.3 Å². The second-order valence-corrected chi connectivity index (χ2v) is 6.82. The monoisotopic (exact) mass is 367 g/mol. The lowest BCUT2D eigenvalue weighted by Crippen LogP contribution is -2.54. The average molecular weight is 368 g/mol. The predicted octanol–water partition coefficient (Wildman–Crippen LogP) is 3.21. The van der Waals surface area contributed by atoms with Crippen molar-refractivity contribution in [2.75, 3.05) is 7.05 Å². The number of amides is 1. The molecule has 120 valence electrons. The maximum atomic E-state index is 12.5. The van der Waals surface area contributed by atoms with Gasteiger partial charge in [-0.05, 0) is 54.9 Å². The summed E-state index contributed by atoms with van der Waals surface area (Å²) in [6.45, 7) is 2.39. The Hall–Kier alpha value is -1.32. The Labute approximate surface area is 139 Å². The minimum absolute atomic E-state index is 0.100. The molecular formula is C16H22BrN3O2. The van der Waals surface area contributed by atoms with E-state index >= 15 is 0 Å². The van der Waals surface area contributed by atoms with Crippen molar-refractivity contribution in [1.29, 1.82) is 5.26 Å². The summed E-state index contributed by atoms with van der Waals surface area (Å²) >= 11 is 3.27. The fourth-order valence-electron chi connectivity index (χ4n) is 2.78. The van der Waals surface area contributed by atoms with Crippen LogP contribution in [0.15, 0.2) is 21.2 Å². The van der Waals surface area contributed by atoms with E-state index in [9.17, 15) is 10.1 Å². The largest absolute Gasteiger partial charge is 0.453 e. The summed E-state index contributed by atoms with van der Waals surface area (Å²) in [7, 11) is 1.88. The van der Waals surface area contributed by atoms with Gasteiger partial charge in [0.05, 0.1) is 18.7 Å². The molecule has 1 fully saturated rings. The van der Waals surface area contributed by atoms with E-state index in [0.717, 1.165) is 37.9 Å². The van der Waals surface area contributed by atoms with Crippen LogP contribution < -0.4 is 5.32 Å². The lowest BCUT2D eigenvalue weighted by atomic mass is 9.82. The van der Waals surface area contributed by atoms with Crippen LogP contribution in [0.3, 0.4) is 0 Å². The summed E-state index contributed by atoms with van der Waals surface area (Å²) in [4.78, 5) is 14.4. The molecule has 1 atom stereocenters. The molecule has 0 spiro atoms. The molecule has 0 saturated heterocycles. The molecule has 0 bridgehead atoms. The molecule has 0 radical (unpaired) electrons. The minimum Gasteiger partial charge on any atom is -0.453 e. The second-order valence-electron chi connectivity index (χ2n) is 6.04. The van der Waals surface area contributed by atoms with Gasteiger partial charge in [-0.2, -0.15) is 5.26 Å². The van der Waals surface area contributed by atoms with Gasteiger partial charge in [-0.3, -0.25) is 9.69 Å². The van der Waals surface area contributed by atoms with Gasteiger partial charge in [-0.1, -0.05) is 19.3 Å². The molecule has 6 heteroatoms. The molecule has 2 rings (SSSR count). The zero-order valence-electron chi connectivity index (χ0n) is 13.1. The minimum atomic E-state index is -0.682. The molecule has 1 unspecified atom stereocenters. The van der Waals surface area contributed by atoms with E-state index in [0.29, 0.717) is 11.2 Å². The van der Waals surface area contributed by atoms with Crippen molar-refractivity contribution in [3.8, 4) is 6.07 Å². The molecule has 1 aromatic rings. The molecule has 1 aliphatic carbocycles. The molecule has 22 heavy (non-hydrogen) atoms. The van der Waals surface area contributed by atoms with Gasteiger partial charge in [-0.15, -0.1) is 0 Å². The van der Waals surface area contributed by atoms with Gasteiger partial charge in [0, 0.05) is 0 Å². The SMILES string of the molecule is CC(C(=O)NC1(C#N)CCCCC1)N(C)Cc1ccc(Br)o1. The van der Waals surface area contributed by atoms with Gasteiger partial charge in [0.2, 0.25) is 5.91 Å². The van der Waals surface area contributed by atoms with Crippen LogP contribution in [0.2, 0.25) is 0 Å². The first kappa shape index (κ1) is 17.0. The number of halogens is 1. The smallest absolute Gasteiger partial charge is 0.238 e. The molecule has 0 aliphatic heterocycles. The number of hydrogen-bond acceptors (Lipinski definition) is 4. The van der Waals surface area contributed by atoms with E-state index in [1.54, 1.807) is 0 Å². The molecule has 1 saturated carbocycles. The van der Waals surface area contributed by atoms with Crippen LogP contribution >= 0.6 is 15.9 Å². The first-order valence-electron chi connectivity index (χ1n) is 7.63. The number of nitrogens with zero attached hydrogens (tertiary/aromatic N) is 2. The molecule has 0 aromatic carbocycles. The third-order valence-electron chi connectivity index (χ3n) is 4.36. The number of carbonyl (C=O) groups excluding carboxylic acids is 1. The molecule has 5 nitrogen and oxygen atoms in total. The fourth-order valence-corrected chi connectivity index (χ4v) is 3.12. The standard InChI is InChI=1S/C16H22BrN3O2/c1-12(20(2)10-13-6-7-14(17)22-13)15(21)19-16(11-18)8-4-3-5-9-16/h6-7,12H,3-5,8-10H2,1-2H3,(H,19,21). The van der Waals surface area contributed by atoms with Gasteiger partial charge < -0.3 is 9.73 Å². The van der Waals surface area contributed by atoms with Gasteiger partial charge in [0.25, 0.3) is 0 Å². The van der Waals surface area contributed by atoms with Gasteiger partial charge in [0.15, 0.2) is 4.67 Å². The van der Waals surface area contributed by atoms with Gasteiger partial charge in [0.1, 0.15) is 11.3 Å². The van der Waals surface area contributed by atoms with Crippen molar-refractivity contribution in [3.63, 3.8) is 0 Å². The summed E-state index contributed by atoms with van der Waals surface area (Å²) < 4.78 is 6.15. The lowest BCUT2D eigenvalue weighted by Gasteiger charge is -2.34. The van der Waals surface area contributed by atoms with Crippen molar-refractivity contribution in [2.24, 2.45) is 0 Å². The average Bonchev–Trinajstić information content (AvgIpc) is 2.92. The zero-order valence-corrected chi connectivity index (χ0v) is 14.6. The van der Waals surface area contributed by atoms with Crippen molar-refractivity contribution in [2.45, 2.75) is 57.2 Å². The Morgan fingerprint density at radius 1 is 1.50 bits per heavy atom. The number of nitrogens with one attached hydrogen (secondary N) is 1. The summed E-state index contributed by atoms with van der Waals surface area (Å²) in [5.74, 6) is 0.693. The third kappa shape index (κ3) is 4.11. The molecule has 1 heterocycles. The predicted molar refractivity (Wildman–Crippen MR) is 86.9 cm³/mol. The third-order valence-corrected chi connectivity index (χ3v) is 4.78. The van der Waals surface area contributed by atoms with Crippen LogP contribution in [-0.4, -0.2) is 29.4 Å². The van der Waals surface area contributed by atoms with Crippen LogP contribution in [0.1, 0.15) is 44.8 Å². The van der Waals surface area contributed by atoms with Crippen molar-refractivity contribution >= 4 is 21.8 Å². The van der Waals surface area contributed by atoms with Crippen LogP contribution in [0.4, 0.5) is 0 Å². The number of furan rings is 1. The highest BCUT2D eigenvalue weighted by Crippen LogP contribution is 2.27. The Morgan fingerprint density at radius 3 is 2.73 bits per heavy atom. The Kier molecular flexibility index (Phi) is 5.65. The van der Waals surface area contributed by atoms with E-state index in [1.165, 1.54) is 0 Å². The molecule has 1 aromatic heterocycles. The quantitative estimate of drug-likeness (QED) is 0.867. The van der Waals surface area contributed by atoms with Crippen LogP contribution in [0.5, 0.6) is 0 Å². The fraction of sp³-hybridized carbons (Fsp3) is 0.625. The number of likely N-dealkylation sites (N-methyl/N-ethyl adjacent to an activating group) is 1. The molecule has 1 aliphatic rings. The zero-order chi connectivity index (χ0) is 16.2. The van der Waals surface area contributed by atoms with E-state index in [4.69, 9.17) is 4.42 Å². The number of rotatable bonds is 5. The summed E-state index contributed by atoms with van der Waals surface area (Å²) in [6.07, 6.45) is 4.63. The highest BCUT2D eigenvalue weighted by atomic mass is 79.9. The Morgan fingerprint density at radius 2 is 2.18 bits per heavy atom. The summed E-state index contributed by atoms with van der Waals surface area (Å²) in [5, 5.41) is 12.4. The molecular weight excluding hydrogens is 346 g/mol. The van der Waals surface area contributed by atoms with E-state index < -0.39 is 5.54 Å². The highest BCUT2D eigenvalue weighted by molar-refractivity contribution is 9.10. The first-order valence-corrected chi connectivity index (χ1v) is 8.43. The van der Waals surface area contributed by atoms with Crippen molar-refractivity contribution in [1.82, 2.24) is 10.2 Å². The highest BCUT2D eigenvalue weighted by Gasteiger charge is 2.35. The Bertz CT molecular complexity index is 558. The second kappa shape index (κ2) is 7.30. The molecule has 1 amide bonds. The van der Waals surface area contributed by atoms with Gasteiger partial charge >= 0.3 is 0 Å². The summed E-state index contributed by atoms with van der Waals surface area (Å²) in [5.41, 5.74) is -0.682. The first-order chi connectivity index (χ1) is 10.5. The number of carbonyl (C=O) groups is 1. The van der Waals surface area contributed by atoms with Gasteiger partial charge in [-0.25, -0.2) is 0 Å². The van der Waals surface area contributed by atoms with E-state index in [1.807, 2.05) is 31.0 Å². The Balaban J connectivity index is 1.94. The van der Waals surface area contributed by atoms with E-state index in [2.05, 4.69) is 27.3 Å². The summed E-state index contributed by atoms with van der Waals surface area (Å²) in [6, 6.07) is 5.71. The van der Waals surface area contributed by atoms with Crippen LogP contribution in [0, 0.1) is 11.3 Å². The molecule has 1 N–H and O–H groups in total.